The van der Waals surface area contributed by atoms with Crippen LogP contribution in [0.25, 0.3) is 5.65 Å². The lowest BCUT2D eigenvalue weighted by Gasteiger charge is -2.32. The Morgan fingerprint density at radius 2 is 1.85 bits per heavy atom. The molecule has 10 nitrogen and oxygen atoms in total. The van der Waals surface area contributed by atoms with E-state index in [2.05, 4.69) is 10.4 Å². The number of nitrogens with one attached hydrogen (secondary N) is 1. The normalized spacial score (nSPS) is 17.4. The van der Waals surface area contributed by atoms with E-state index in [1.54, 1.807) is 9.47 Å². The number of nitrogens with zero attached hydrogens (tertiary/aromatic N) is 4. The highest BCUT2D eigenvalue weighted by molar-refractivity contribution is 5.96. The Bertz CT molecular complexity index is 1150. The third-order valence-electron chi connectivity index (χ3n) is 6.12. The molecule has 34 heavy (non-hydrogen) atoms. The van der Waals surface area contributed by atoms with Crippen LogP contribution in [-0.4, -0.2) is 60.9 Å². The average molecular weight is 474 g/mol. The molecule has 1 aliphatic heterocycles. The number of fused-ring (bicyclic) bond motifs is 1. The SMILES string of the molecule is CC(C)Cn1c(O)c(C(=O)NC2CC2)c(=O)n2nc(C3CCN(C(=O)OC(C)(C)C)CC3)cc12. The first-order valence-electron chi connectivity index (χ1n) is 12.1. The molecule has 186 valence electrons. The third-order valence-corrected chi connectivity index (χ3v) is 6.12. The predicted octanol–water partition coefficient (Wildman–Crippen LogP) is 2.86. The monoisotopic (exact) mass is 473 g/mol. The molecular formula is C24H35N5O5. The van der Waals surface area contributed by atoms with Gasteiger partial charge in [0.05, 0.1) is 5.69 Å². The number of aromatic nitrogens is 3. The van der Waals surface area contributed by atoms with Gasteiger partial charge in [0.25, 0.3) is 11.5 Å². The van der Waals surface area contributed by atoms with Crippen LogP contribution in [0.3, 0.4) is 0 Å². The first-order chi connectivity index (χ1) is 15.9. The number of amides is 2. The molecule has 0 unspecified atom stereocenters. The van der Waals surface area contributed by atoms with Gasteiger partial charge in [-0.3, -0.25) is 14.2 Å². The minimum atomic E-state index is -0.622. The van der Waals surface area contributed by atoms with E-state index in [4.69, 9.17) is 4.74 Å². The van der Waals surface area contributed by atoms with Crippen molar-refractivity contribution in [3.8, 4) is 5.88 Å². The topological polar surface area (TPSA) is 118 Å². The maximum atomic E-state index is 13.2. The Kier molecular flexibility index (Phi) is 6.35. The van der Waals surface area contributed by atoms with Crippen LogP contribution in [0.5, 0.6) is 5.88 Å². The lowest BCUT2D eigenvalue weighted by molar-refractivity contribution is 0.0204. The van der Waals surface area contributed by atoms with Gasteiger partial charge >= 0.3 is 6.09 Å². The van der Waals surface area contributed by atoms with E-state index in [1.807, 2.05) is 40.7 Å². The van der Waals surface area contributed by atoms with Gasteiger partial charge in [0, 0.05) is 37.7 Å². The van der Waals surface area contributed by atoms with Gasteiger partial charge in [-0.2, -0.15) is 9.61 Å². The molecule has 0 aromatic carbocycles. The van der Waals surface area contributed by atoms with E-state index in [9.17, 15) is 19.5 Å². The van der Waals surface area contributed by atoms with Crippen molar-refractivity contribution in [2.45, 2.75) is 84.4 Å². The molecule has 1 aliphatic carbocycles. The van der Waals surface area contributed by atoms with Crippen molar-refractivity contribution in [2.24, 2.45) is 5.92 Å². The number of carbonyl (C=O) groups excluding carboxylic acids is 2. The number of ether oxygens (including phenoxy) is 1. The van der Waals surface area contributed by atoms with Crippen molar-refractivity contribution in [2.75, 3.05) is 13.1 Å². The number of hydrogen-bond acceptors (Lipinski definition) is 6. The molecule has 1 saturated carbocycles. The summed E-state index contributed by atoms with van der Waals surface area (Å²) in [5.74, 6) is -0.661. The summed E-state index contributed by atoms with van der Waals surface area (Å²) in [6, 6.07) is 1.88. The zero-order valence-electron chi connectivity index (χ0n) is 20.6. The van der Waals surface area contributed by atoms with E-state index >= 15 is 0 Å². The summed E-state index contributed by atoms with van der Waals surface area (Å²) in [6.45, 7) is 11.0. The fourth-order valence-electron chi connectivity index (χ4n) is 4.29. The minimum absolute atomic E-state index is 0.0522. The molecule has 0 radical (unpaired) electrons. The van der Waals surface area contributed by atoms with E-state index < -0.39 is 17.1 Å². The minimum Gasteiger partial charge on any atom is -0.494 e. The lowest BCUT2D eigenvalue weighted by Crippen LogP contribution is -2.41. The van der Waals surface area contributed by atoms with Gasteiger partial charge in [-0.25, -0.2) is 4.79 Å². The second-order valence-corrected chi connectivity index (χ2v) is 10.8. The Morgan fingerprint density at radius 1 is 1.21 bits per heavy atom. The fraction of sp³-hybridized carbons (Fsp3) is 0.667. The lowest BCUT2D eigenvalue weighted by atomic mass is 9.94. The highest BCUT2D eigenvalue weighted by Crippen LogP contribution is 2.30. The number of hydrogen-bond donors (Lipinski definition) is 2. The molecule has 1 saturated heterocycles. The van der Waals surface area contributed by atoms with E-state index in [0.29, 0.717) is 38.1 Å². The molecule has 0 bridgehead atoms. The van der Waals surface area contributed by atoms with Crippen LogP contribution in [0.4, 0.5) is 4.79 Å². The van der Waals surface area contributed by atoms with E-state index in [1.165, 1.54) is 4.52 Å². The van der Waals surface area contributed by atoms with Crippen LogP contribution in [0.2, 0.25) is 0 Å². The zero-order valence-corrected chi connectivity index (χ0v) is 20.6. The molecule has 0 atom stereocenters. The average Bonchev–Trinajstić information content (AvgIpc) is 3.43. The van der Waals surface area contributed by atoms with Gasteiger partial charge in [-0.15, -0.1) is 0 Å². The van der Waals surface area contributed by atoms with Crippen molar-refractivity contribution < 1.29 is 19.4 Å². The number of carbonyl (C=O) groups is 2. The van der Waals surface area contributed by atoms with Crippen molar-refractivity contribution >= 4 is 17.6 Å². The summed E-state index contributed by atoms with van der Waals surface area (Å²) in [4.78, 5) is 40.0. The van der Waals surface area contributed by atoms with Crippen molar-refractivity contribution in [1.29, 1.82) is 0 Å². The number of piperidine rings is 1. The molecule has 2 N–H and O–H groups in total. The van der Waals surface area contributed by atoms with Crippen LogP contribution in [-0.2, 0) is 11.3 Å². The van der Waals surface area contributed by atoms with Gasteiger partial charge < -0.3 is 20.1 Å². The molecule has 3 heterocycles. The second-order valence-electron chi connectivity index (χ2n) is 10.8. The Labute approximate surface area is 198 Å². The first-order valence-corrected chi connectivity index (χ1v) is 12.1. The van der Waals surface area contributed by atoms with Gasteiger partial charge in [0.1, 0.15) is 11.2 Å². The van der Waals surface area contributed by atoms with Crippen LogP contribution in [0.15, 0.2) is 10.9 Å². The first kappa shape index (κ1) is 24.1. The molecule has 2 aliphatic rings. The maximum Gasteiger partial charge on any atom is 0.410 e. The van der Waals surface area contributed by atoms with Gasteiger partial charge in [0.15, 0.2) is 5.56 Å². The standard InChI is InChI=1S/C24H35N5O5/c1-14(2)13-28-18-12-17(15-8-10-27(11-9-15)23(33)34-24(3,4)5)26-29(18)22(32)19(21(28)31)20(30)25-16-6-7-16/h12,14-16,31H,6-11,13H2,1-5H3,(H,25,30). The predicted molar refractivity (Wildman–Crippen MR) is 126 cm³/mol. The van der Waals surface area contributed by atoms with Crippen LogP contribution < -0.4 is 10.9 Å². The zero-order chi connectivity index (χ0) is 24.8. The van der Waals surface area contributed by atoms with Crippen LogP contribution in [0.1, 0.15) is 82.3 Å². The van der Waals surface area contributed by atoms with Crippen molar-refractivity contribution in [1.82, 2.24) is 24.4 Å². The van der Waals surface area contributed by atoms with E-state index in [0.717, 1.165) is 18.5 Å². The summed E-state index contributed by atoms with van der Waals surface area (Å²) < 4.78 is 8.31. The van der Waals surface area contributed by atoms with Gasteiger partial charge in [-0.1, -0.05) is 13.8 Å². The van der Waals surface area contributed by atoms with Crippen LogP contribution >= 0.6 is 0 Å². The third kappa shape index (κ3) is 5.05. The summed E-state index contributed by atoms with van der Waals surface area (Å²) in [5.41, 5.74) is -0.255. The molecule has 2 amide bonds. The number of rotatable bonds is 5. The largest absolute Gasteiger partial charge is 0.494 e. The van der Waals surface area contributed by atoms with Gasteiger partial charge in [0.2, 0.25) is 5.88 Å². The van der Waals surface area contributed by atoms with Crippen molar-refractivity contribution in [3.05, 3.63) is 27.7 Å². The van der Waals surface area contributed by atoms with E-state index in [-0.39, 0.29) is 35.4 Å². The summed E-state index contributed by atoms with van der Waals surface area (Å²) in [6.07, 6.45) is 2.80. The quantitative estimate of drug-likeness (QED) is 0.689. The molecule has 4 rings (SSSR count). The molecule has 10 heteroatoms. The molecule has 2 fully saturated rings. The summed E-state index contributed by atoms with van der Waals surface area (Å²) in [7, 11) is 0. The van der Waals surface area contributed by atoms with Gasteiger partial charge in [-0.05, 0) is 52.4 Å². The Hall–Kier alpha value is -3.04. The molecule has 2 aromatic heterocycles. The summed E-state index contributed by atoms with van der Waals surface area (Å²) in [5, 5.41) is 18.3. The summed E-state index contributed by atoms with van der Waals surface area (Å²) >= 11 is 0. The molecule has 0 spiro atoms. The fourth-order valence-corrected chi connectivity index (χ4v) is 4.29. The smallest absolute Gasteiger partial charge is 0.410 e. The van der Waals surface area contributed by atoms with Crippen molar-refractivity contribution in [3.63, 3.8) is 0 Å². The molecule has 2 aromatic rings. The molecular weight excluding hydrogens is 438 g/mol. The van der Waals surface area contributed by atoms with Crippen LogP contribution in [0, 0.1) is 5.92 Å². The Morgan fingerprint density at radius 3 is 2.41 bits per heavy atom. The number of likely N-dealkylation sites (tertiary alicyclic amines) is 1. The maximum absolute atomic E-state index is 13.2. The second kappa shape index (κ2) is 8.96. The highest BCUT2D eigenvalue weighted by atomic mass is 16.6. The highest BCUT2D eigenvalue weighted by Gasteiger charge is 2.32. The number of aromatic hydroxyl groups is 1. The Balaban J connectivity index is 1.63.